The van der Waals surface area contributed by atoms with E-state index in [9.17, 15) is 0 Å². The number of nitrogens with two attached hydrogens (primary N) is 1. The van der Waals surface area contributed by atoms with Crippen LogP contribution in [0.4, 0.5) is 5.69 Å². The number of anilines is 1. The number of rotatable bonds is 2. The molecular weight excluding hydrogens is 228 g/mol. The molecule has 0 saturated heterocycles. The van der Waals surface area contributed by atoms with Gasteiger partial charge in [0.05, 0.1) is 5.69 Å². The lowest BCUT2D eigenvalue weighted by Gasteiger charge is -2.02. The van der Waals surface area contributed by atoms with Crippen molar-refractivity contribution in [1.82, 2.24) is 15.1 Å². The summed E-state index contributed by atoms with van der Waals surface area (Å²) >= 11 is 0. The van der Waals surface area contributed by atoms with Gasteiger partial charge in [0.2, 0.25) is 5.82 Å². The molecule has 5 nitrogen and oxygen atoms in total. The van der Waals surface area contributed by atoms with Crippen LogP contribution in [0.25, 0.3) is 23.0 Å². The first-order valence-electron chi connectivity index (χ1n) is 5.58. The molecule has 3 aromatic rings. The number of nitrogens with zero attached hydrogens (tertiary/aromatic N) is 2. The Labute approximate surface area is 104 Å². The third-order valence-electron chi connectivity index (χ3n) is 2.87. The Bertz CT molecular complexity index is 670. The number of aromatic nitrogens is 3. The van der Waals surface area contributed by atoms with Gasteiger partial charge in [0.15, 0.2) is 0 Å². The van der Waals surface area contributed by atoms with E-state index in [0.717, 1.165) is 16.8 Å². The number of hydrogen-bond acceptors (Lipinski definition) is 4. The first-order valence-corrected chi connectivity index (χ1v) is 5.58. The summed E-state index contributed by atoms with van der Waals surface area (Å²) in [6, 6.07) is 9.41. The summed E-state index contributed by atoms with van der Waals surface area (Å²) in [7, 11) is 0. The molecule has 3 rings (SSSR count). The molecule has 0 atom stereocenters. The quantitative estimate of drug-likeness (QED) is 0.675. The fraction of sp³-hybridized carbons (Fsp3) is 0.0769. The molecule has 0 aliphatic rings. The predicted molar refractivity (Wildman–Crippen MR) is 68.7 cm³/mol. The largest absolute Gasteiger partial charge is 0.398 e. The molecule has 0 aliphatic carbocycles. The van der Waals surface area contributed by atoms with E-state index >= 15 is 0 Å². The molecule has 90 valence electrons. The molecule has 0 aliphatic heterocycles. The molecule has 0 amide bonds. The number of nitrogens with one attached hydrogen (secondary N) is 1. The van der Waals surface area contributed by atoms with Gasteiger partial charge in [-0.15, -0.1) is 0 Å². The molecule has 5 heteroatoms. The third kappa shape index (κ3) is 1.66. The lowest BCUT2D eigenvalue weighted by Crippen LogP contribution is -1.92. The maximum atomic E-state index is 5.86. The van der Waals surface area contributed by atoms with Gasteiger partial charge in [0.25, 0.3) is 5.89 Å². The predicted octanol–water partition coefficient (Wildman–Crippen LogP) is 2.62. The van der Waals surface area contributed by atoms with Crippen molar-refractivity contribution in [3.63, 3.8) is 0 Å². The number of aromatic amines is 1. The molecular formula is C13H12N4O. The Morgan fingerprint density at radius 1 is 1.22 bits per heavy atom. The van der Waals surface area contributed by atoms with Crippen molar-refractivity contribution in [3.8, 4) is 23.0 Å². The van der Waals surface area contributed by atoms with E-state index in [1.807, 2.05) is 43.5 Å². The van der Waals surface area contributed by atoms with Crippen LogP contribution in [0.5, 0.6) is 0 Å². The summed E-state index contributed by atoms with van der Waals surface area (Å²) in [5.74, 6) is 1.02. The molecule has 0 spiro atoms. The van der Waals surface area contributed by atoms with Gasteiger partial charge in [0.1, 0.15) is 0 Å². The second-order valence-electron chi connectivity index (χ2n) is 4.03. The molecule has 2 heterocycles. The summed E-state index contributed by atoms with van der Waals surface area (Å²) in [4.78, 5) is 7.39. The summed E-state index contributed by atoms with van der Waals surface area (Å²) in [5, 5.41) is 3.95. The van der Waals surface area contributed by atoms with Gasteiger partial charge in [-0.05, 0) is 36.8 Å². The average Bonchev–Trinajstić information content (AvgIpc) is 3.01. The van der Waals surface area contributed by atoms with Crippen LogP contribution >= 0.6 is 0 Å². The van der Waals surface area contributed by atoms with Crippen molar-refractivity contribution in [3.05, 3.63) is 42.1 Å². The van der Waals surface area contributed by atoms with Crippen molar-refractivity contribution >= 4 is 5.69 Å². The van der Waals surface area contributed by atoms with Gasteiger partial charge in [-0.1, -0.05) is 11.2 Å². The maximum Gasteiger partial charge on any atom is 0.258 e. The van der Waals surface area contributed by atoms with Crippen LogP contribution in [0.3, 0.4) is 0 Å². The van der Waals surface area contributed by atoms with Gasteiger partial charge >= 0.3 is 0 Å². The molecule has 0 fully saturated rings. The minimum atomic E-state index is 0.476. The minimum Gasteiger partial charge on any atom is -0.398 e. The molecule has 3 N–H and O–H groups in total. The van der Waals surface area contributed by atoms with E-state index in [-0.39, 0.29) is 0 Å². The van der Waals surface area contributed by atoms with Gasteiger partial charge in [-0.25, -0.2) is 0 Å². The van der Waals surface area contributed by atoms with E-state index in [1.165, 1.54) is 0 Å². The number of H-pyrrole nitrogens is 1. The number of benzene rings is 1. The van der Waals surface area contributed by atoms with Gasteiger partial charge in [0, 0.05) is 17.4 Å². The molecule has 0 bridgehead atoms. The summed E-state index contributed by atoms with van der Waals surface area (Å²) < 4.78 is 5.27. The summed E-state index contributed by atoms with van der Waals surface area (Å²) in [6.07, 6.45) is 1.82. The second kappa shape index (κ2) is 4.03. The fourth-order valence-electron chi connectivity index (χ4n) is 1.80. The average molecular weight is 240 g/mol. The zero-order valence-corrected chi connectivity index (χ0v) is 9.84. The van der Waals surface area contributed by atoms with Crippen LogP contribution in [0.1, 0.15) is 5.56 Å². The standard InChI is InChI=1S/C13H12N4O/c1-8-9(4-2-5-10(8)14)13-16-12(17-18-13)11-6-3-7-15-11/h2-7,15H,14H2,1H3. The minimum absolute atomic E-state index is 0.476. The molecule has 0 saturated carbocycles. The first-order chi connectivity index (χ1) is 8.75. The van der Waals surface area contributed by atoms with Gasteiger partial charge in [-0.3, -0.25) is 0 Å². The second-order valence-corrected chi connectivity index (χ2v) is 4.03. The summed E-state index contributed by atoms with van der Waals surface area (Å²) in [5.41, 5.74) is 9.21. The van der Waals surface area contributed by atoms with Gasteiger partial charge < -0.3 is 15.2 Å². The van der Waals surface area contributed by atoms with Crippen molar-refractivity contribution < 1.29 is 4.52 Å². The van der Waals surface area contributed by atoms with Crippen molar-refractivity contribution in [1.29, 1.82) is 0 Å². The fourth-order valence-corrected chi connectivity index (χ4v) is 1.80. The topological polar surface area (TPSA) is 80.7 Å². The number of hydrogen-bond donors (Lipinski definition) is 2. The van der Waals surface area contributed by atoms with E-state index in [2.05, 4.69) is 15.1 Å². The van der Waals surface area contributed by atoms with Crippen molar-refractivity contribution in [2.45, 2.75) is 6.92 Å². The zero-order valence-electron chi connectivity index (χ0n) is 9.84. The van der Waals surface area contributed by atoms with Crippen LogP contribution in [-0.2, 0) is 0 Å². The van der Waals surface area contributed by atoms with Crippen LogP contribution in [0, 0.1) is 6.92 Å². The van der Waals surface area contributed by atoms with E-state index in [0.29, 0.717) is 17.4 Å². The highest BCUT2D eigenvalue weighted by atomic mass is 16.5. The Kier molecular flexibility index (Phi) is 2.37. The van der Waals surface area contributed by atoms with E-state index in [1.54, 1.807) is 0 Å². The van der Waals surface area contributed by atoms with Crippen molar-refractivity contribution in [2.24, 2.45) is 0 Å². The van der Waals surface area contributed by atoms with Crippen molar-refractivity contribution in [2.75, 3.05) is 5.73 Å². The van der Waals surface area contributed by atoms with Gasteiger partial charge in [-0.2, -0.15) is 4.98 Å². The highest BCUT2D eigenvalue weighted by Crippen LogP contribution is 2.27. The highest BCUT2D eigenvalue weighted by molar-refractivity contribution is 5.67. The molecule has 18 heavy (non-hydrogen) atoms. The normalized spacial score (nSPS) is 10.7. The lowest BCUT2D eigenvalue weighted by molar-refractivity contribution is 0.432. The van der Waals surface area contributed by atoms with Crippen LogP contribution in [0.15, 0.2) is 41.1 Å². The Morgan fingerprint density at radius 3 is 2.89 bits per heavy atom. The molecule has 0 radical (unpaired) electrons. The molecule has 1 aromatic carbocycles. The Morgan fingerprint density at radius 2 is 2.11 bits per heavy atom. The SMILES string of the molecule is Cc1c(N)cccc1-c1nc(-c2ccc[nH]2)no1. The third-order valence-corrected chi connectivity index (χ3v) is 2.87. The highest BCUT2D eigenvalue weighted by Gasteiger charge is 2.13. The van der Waals surface area contributed by atoms with E-state index in [4.69, 9.17) is 10.3 Å². The lowest BCUT2D eigenvalue weighted by atomic mass is 10.1. The van der Waals surface area contributed by atoms with Crippen LogP contribution < -0.4 is 5.73 Å². The molecule has 2 aromatic heterocycles. The zero-order chi connectivity index (χ0) is 12.5. The number of nitrogen functional groups attached to an aromatic ring is 1. The molecule has 0 unspecified atom stereocenters. The van der Waals surface area contributed by atoms with E-state index < -0.39 is 0 Å². The summed E-state index contributed by atoms with van der Waals surface area (Å²) in [6.45, 7) is 1.93. The smallest absolute Gasteiger partial charge is 0.258 e. The van der Waals surface area contributed by atoms with Crippen LogP contribution in [-0.4, -0.2) is 15.1 Å². The Hall–Kier alpha value is -2.56. The maximum absolute atomic E-state index is 5.86. The first kappa shape index (κ1) is 10.6. The monoisotopic (exact) mass is 240 g/mol. The Balaban J connectivity index is 2.06. The van der Waals surface area contributed by atoms with Crippen LogP contribution in [0.2, 0.25) is 0 Å².